The van der Waals surface area contributed by atoms with Gasteiger partial charge < -0.3 is 20.7 Å². The van der Waals surface area contributed by atoms with Crippen LogP contribution in [-0.4, -0.2) is 35.6 Å². The summed E-state index contributed by atoms with van der Waals surface area (Å²) in [4.78, 5) is 0. The zero-order valence-electron chi connectivity index (χ0n) is 14.9. The normalized spacial score (nSPS) is 11.2. The maximum absolute atomic E-state index is 9.19. The van der Waals surface area contributed by atoms with Gasteiger partial charge in [-0.3, -0.25) is 0 Å². The summed E-state index contributed by atoms with van der Waals surface area (Å²) < 4.78 is 5.75. The Bertz CT molecular complexity index is 408. The van der Waals surface area contributed by atoms with Gasteiger partial charge in [0.2, 0.25) is 0 Å². The number of aryl methyl sites for hydroxylation is 1. The lowest BCUT2D eigenvalue weighted by Crippen LogP contribution is -2.47. The summed E-state index contributed by atoms with van der Waals surface area (Å²) >= 11 is 0. The second-order valence-corrected chi connectivity index (χ2v) is 6.44. The Morgan fingerprint density at radius 2 is 1.54 bits per heavy atom. The minimum absolute atomic E-state index is 0. The predicted octanol–water partition coefficient (Wildman–Crippen LogP) is 3.46. The van der Waals surface area contributed by atoms with Crippen LogP contribution in [0.25, 0.3) is 0 Å². The second-order valence-electron chi connectivity index (χ2n) is 6.44. The first-order valence-corrected chi connectivity index (χ1v) is 8.86. The Morgan fingerprint density at radius 1 is 0.958 bits per heavy atom. The lowest BCUT2D eigenvalue weighted by Gasteiger charge is -2.24. The molecule has 0 aliphatic rings. The summed E-state index contributed by atoms with van der Waals surface area (Å²) in [5.74, 6) is 0.894. The number of hydrogen-bond acceptors (Lipinski definition) is 4. The van der Waals surface area contributed by atoms with E-state index in [1.165, 1.54) is 32.1 Å². The number of benzene rings is 1. The molecule has 140 valence electrons. The molecule has 0 atom stereocenters. The molecule has 0 aliphatic carbocycles. The lowest BCUT2D eigenvalue weighted by atomic mass is 9.94. The Balaban J connectivity index is 0.00000529. The molecule has 24 heavy (non-hydrogen) atoms. The highest BCUT2D eigenvalue weighted by Crippen LogP contribution is 2.16. The Kier molecular flexibility index (Phi) is 13.0. The molecule has 1 aromatic rings. The maximum atomic E-state index is 9.19. The summed E-state index contributed by atoms with van der Waals surface area (Å²) in [6, 6.07) is 7.99. The topological polar surface area (TPSA) is 75.7 Å². The monoisotopic (exact) mass is 359 g/mol. The maximum Gasteiger partial charge on any atom is 0.119 e. The molecule has 1 rings (SSSR count). The van der Waals surface area contributed by atoms with Crippen molar-refractivity contribution < 1.29 is 14.9 Å². The van der Waals surface area contributed by atoms with Crippen LogP contribution in [0.1, 0.15) is 57.4 Å². The first-order chi connectivity index (χ1) is 11.1. The Hall–Kier alpha value is -0.810. The molecular formula is C19H34ClNO3. The fourth-order valence-corrected chi connectivity index (χ4v) is 2.43. The largest absolute Gasteiger partial charge is 0.494 e. The fourth-order valence-electron chi connectivity index (χ4n) is 2.43. The van der Waals surface area contributed by atoms with Crippen LogP contribution in [0.3, 0.4) is 0 Å². The molecule has 1 aromatic carbocycles. The van der Waals surface area contributed by atoms with E-state index < -0.39 is 5.54 Å². The van der Waals surface area contributed by atoms with Gasteiger partial charge in [-0.2, -0.15) is 0 Å². The minimum atomic E-state index is -0.896. The van der Waals surface area contributed by atoms with Crippen LogP contribution in [-0.2, 0) is 6.42 Å². The number of ether oxygens (including phenoxy) is 1. The van der Waals surface area contributed by atoms with E-state index in [0.717, 1.165) is 30.8 Å². The summed E-state index contributed by atoms with van der Waals surface area (Å²) in [5, 5.41) is 18.4. The molecular weight excluding hydrogens is 326 g/mol. The average Bonchev–Trinajstić information content (AvgIpc) is 2.60. The van der Waals surface area contributed by atoms with E-state index in [0.29, 0.717) is 6.42 Å². The van der Waals surface area contributed by atoms with Crippen molar-refractivity contribution in [3.8, 4) is 5.75 Å². The average molecular weight is 360 g/mol. The van der Waals surface area contributed by atoms with Crippen LogP contribution >= 0.6 is 12.4 Å². The molecule has 0 saturated heterocycles. The number of hydrogen-bond donors (Lipinski definition) is 3. The molecule has 0 amide bonds. The van der Waals surface area contributed by atoms with Crippen molar-refractivity contribution in [1.29, 1.82) is 0 Å². The van der Waals surface area contributed by atoms with E-state index in [4.69, 9.17) is 10.5 Å². The molecule has 4 nitrogen and oxygen atoms in total. The van der Waals surface area contributed by atoms with E-state index in [2.05, 4.69) is 6.92 Å². The van der Waals surface area contributed by atoms with Gasteiger partial charge in [0.05, 0.1) is 25.4 Å². The quantitative estimate of drug-likeness (QED) is 0.471. The van der Waals surface area contributed by atoms with Crippen LogP contribution < -0.4 is 10.5 Å². The smallest absolute Gasteiger partial charge is 0.119 e. The first kappa shape index (κ1) is 23.2. The van der Waals surface area contributed by atoms with Crippen molar-refractivity contribution in [2.45, 2.75) is 63.8 Å². The van der Waals surface area contributed by atoms with Crippen molar-refractivity contribution in [1.82, 2.24) is 0 Å². The van der Waals surface area contributed by atoms with E-state index in [-0.39, 0.29) is 25.6 Å². The van der Waals surface area contributed by atoms with Crippen molar-refractivity contribution in [2.24, 2.45) is 5.73 Å². The third-order valence-electron chi connectivity index (χ3n) is 4.23. The van der Waals surface area contributed by atoms with Gasteiger partial charge >= 0.3 is 0 Å². The number of unbranched alkanes of at least 4 members (excludes halogenated alkanes) is 5. The molecule has 5 heteroatoms. The highest BCUT2D eigenvalue weighted by molar-refractivity contribution is 5.85. The zero-order valence-corrected chi connectivity index (χ0v) is 15.7. The first-order valence-electron chi connectivity index (χ1n) is 8.86. The number of rotatable bonds is 13. The Labute approximate surface area is 152 Å². The number of aliphatic hydroxyl groups excluding tert-OH is 2. The molecule has 0 spiro atoms. The van der Waals surface area contributed by atoms with Gasteiger partial charge in [-0.25, -0.2) is 0 Å². The molecule has 0 radical (unpaired) electrons. The number of aliphatic hydroxyl groups is 2. The van der Waals surface area contributed by atoms with E-state index in [1.807, 2.05) is 24.3 Å². The van der Waals surface area contributed by atoms with Gasteiger partial charge in [0, 0.05) is 0 Å². The zero-order chi connectivity index (χ0) is 17.0. The summed E-state index contributed by atoms with van der Waals surface area (Å²) in [6.07, 6.45) is 8.87. The third-order valence-corrected chi connectivity index (χ3v) is 4.23. The van der Waals surface area contributed by atoms with Crippen molar-refractivity contribution in [3.05, 3.63) is 29.8 Å². The molecule has 0 aromatic heterocycles. The molecule has 0 bridgehead atoms. The molecule has 0 fully saturated rings. The molecule has 0 aliphatic heterocycles. The fraction of sp³-hybridized carbons (Fsp3) is 0.684. The van der Waals surface area contributed by atoms with E-state index in [1.54, 1.807) is 0 Å². The SMILES string of the molecule is CCCCCCCCOc1ccc(CCC(N)(CO)CO)cc1.Cl. The number of nitrogens with two attached hydrogens (primary N) is 1. The highest BCUT2D eigenvalue weighted by atomic mass is 35.5. The number of halogens is 1. The van der Waals surface area contributed by atoms with Gasteiger partial charge in [-0.05, 0) is 37.0 Å². The van der Waals surface area contributed by atoms with Crippen molar-refractivity contribution in [2.75, 3.05) is 19.8 Å². The van der Waals surface area contributed by atoms with Gasteiger partial charge in [0.15, 0.2) is 0 Å². The second kappa shape index (κ2) is 13.5. The van der Waals surface area contributed by atoms with Crippen LogP contribution in [0.2, 0.25) is 0 Å². The van der Waals surface area contributed by atoms with Gasteiger partial charge in [0.25, 0.3) is 0 Å². The lowest BCUT2D eigenvalue weighted by molar-refractivity contribution is 0.115. The van der Waals surface area contributed by atoms with Gasteiger partial charge in [-0.1, -0.05) is 51.2 Å². The molecule has 0 saturated carbocycles. The predicted molar refractivity (Wildman–Crippen MR) is 102 cm³/mol. The van der Waals surface area contributed by atoms with Crippen molar-refractivity contribution >= 4 is 12.4 Å². The van der Waals surface area contributed by atoms with E-state index in [9.17, 15) is 10.2 Å². The van der Waals surface area contributed by atoms with Crippen LogP contribution in [0.15, 0.2) is 24.3 Å². The molecule has 4 N–H and O–H groups in total. The van der Waals surface area contributed by atoms with Crippen LogP contribution in [0.5, 0.6) is 5.75 Å². The summed E-state index contributed by atoms with van der Waals surface area (Å²) in [6.45, 7) is 2.59. The van der Waals surface area contributed by atoms with Gasteiger partial charge in [-0.15, -0.1) is 12.4 Å². The minimum Gasteiger partial charge on any atom is -0.494 e. The third kappa shape index (κ3) is 9.48. The summed E-state index contributed by atoms with van der Waals surface area (Å²) in [5.41, 5.74) is 6.11. The standard InChI is InChI=1S/C19H33NO3.ClH/c1-2-3-4-5-6-7-14-23-18-10-8-17(9-11-18)12-13-19(20,15-21)16-22;/h8-11,21-22H,2-7,12-16,20H2,1H3;1H. The van der Waals surface area contributed by atoms with Crippen LogP contribution in [0.4, 0.5) is 0 Å². The van der Waals surface area contributed by atoms with Crippen LogP contribution in [0, 0.1) is 0 Å². The Morgan fingerprint density at radius 3 is 2.12 bits per heavy atom. The molecule has 0 unspecified atom stereocenters. The van der Waals surface area contributed by atoms with E-state index >= 15 is 0 Å². The molecule has 0 heterocycles. The summed E-state index contributed by atoms with van der Waals surface area (Å²) in [7, 11) is 0. The van der Waals surface area contributed by atoms with Gasteiger partial charge in [0.1, 0.15) is 5.75 Å². The highest BCUT2D eigenvalue weighted by Gasteiger charge is 2.22. The van der Waals surface area contributed by atoms with Crippen molar-refractivity contribution in [3.63, 3.8) is 0 Å².